The van der Waals surface area contributed by atoms with Gasteiger partial charge in [-0.2, -0.15) is 0 Å². The van der Waals surface area contributed by atoms with Gasteiger partial charge in [0.25, 0.3) is 0 Å². The maximum Gasteiger partial charge on any atom is 0.134 e. The van der Waals surface area contributed by atoms with Gasteiger partial charge >= 0.3 is 0 Å². The van der Waals surface area contributed by atoms with E-state index in [0.717, 1.165) is 42.6 Å². The molecule has 1 fully saturated rings. The summed E-state index contributed by atoms with van der Waals surface area (Å²) in [5.74, 6) is 0.802. The standard InChI is InChI=1S/C15H22BrNO3/c1-19-8-7-17-10-11-5-6-14(12(16)9-11)20-15-4-2-3-13(15)18/h5-6,9,13,15,17-18H,2-4,7-8,10H2,1H3. The zero-order chi connectivity index (χ0) is 14.4. The third-order valence-electron chi connectivity index (χ3n) is 3.50. The Morgan fingerprint density at radius 3 is 2.90 bits per heavy atom. The Morgan fingerprint density at radius 1 is 1.40 bits per heavy atom. The largest absolute Gasteiger partial charge is 0.487 e. The smallest absolute Gasteiger partial charge is 0.134 e. The van der Waals surface area contributed by atoms with Gasteiger partial charge in [0.05, 0.1) is 17.2 Å². The summed E-state index contributed by atoms with van der Waals surface area (Å²) in [7, 11) is 1.70. The van der Waals surface area contributed by atoms with Gasteiger partial charge in [0, 0.05) is 20.2 Å². The lowest BCUT2D eigenvalue weighted by Crippen LogP contribution is -2.25. The summed E-state index contributed by atoms with van der Waals surface area (Å²) in [4.78, 5) is 0. The van der Waals surface area contributed by atoms with Crippen molar-refractivity contribution < 1.29 is 14.6 Å². The van der Waals surface area contributed by atoms with E-state index < -0.39 is 0 Å². The Bertz CT molecular complexity index is 428. The second-order valence-electron chi connectivity index (χ2n) is 5.09. The molecule has 1 aromatic rings. The molecule has 2 atom stereocenters. The van der Waals surface area contributed by atoms with Crippen molar-refractivity contribution in [3.8, 4) is 5.75 Å². The molecule has 2 rings (SSSR count). The van der Waals surface area contributed by atoms with Crippen molar-refractivity contribution in [3.63, 3.8) is 0 Å². The summed E-state index contributed by atoms with van der Waals surface area (Å²) < 4.78 is 11.8. The minimum Gasteiger partial charge on any atom is -0.487 e. The Kier molecular flexibility index (Phi) is 6.29. The Labute approximate surface area is 128 Å². The van der Waals surface area contributed by atoms with Gasteiger partial charge in [-0.05, 0) is 52.9 Å². The molecule has 0 bridgehead atoms. The summed E-state index contributed by atoms with van der Waals surface area (Å²) >= 11 is 3.54. The van der Waals surface area contributed by atoms with Crippen LogP contribution in [0.4, 0.5) is 0 Å². The van der Waals surface area contributed by atoms with Crippen LogP contribution >= 0.6 is 15.9 Å². The molecule has 2 N–H and O–H groups in total. The number of methoxy groups -OCH3 is 1. The zero-order valence-corrected chi connectivity index (χ0v) is 13.4. The second kappa shape index (κ2) is 7.98. The van der Waals surface area contributed by atoms with E-state index in [4.69, 9.17) is 9.47 Å². The number of hydrogen-bond acceptors (Lipinski definition) is 4. The van der Waals surface area contributed by atoms with Crippen LogP contribution in [0.5, 0.6) is 5.75 Å². The number of nitrogens with one attached hydrogen (secondary N) is 1. The highest BCUT2D eigenvalue weighted by Gasteiger charge is 2.27. The molecule has 1 saturated carbocycles. The molecule has 0 aliphatic heterocycles. The molecular weight excluding hydrogens is 322 g/mol. The molecule has 20 heavy (non-hydrogen) atoms. The lowest BCUT2D eigenvalue weighted by atomic mass is 10.2. The zero-order valence-electron chi connectivity index (χ0n) is 11.8. The van der Waals surface area contributed by atoms with Gasteiger partial charge in [-0.3, -0.25) is 0 Å². The van der Waals surface area contributed by atoms with Crippen LogP contribution in [0.15, 0.2) is 22.7 Å². The fraction of sp³-hybridized carbons (Fsp3) is 0.600. The molecule has 4 nitrogen and oxygen atoms in total. The number of rotatable bonds is 7. The number of halogens is 1. The molecule has 0 aromatic heterocycles. The molecule has 1 aromatic carbocycles. The van der Waals surface area contributed by atoms with E-state index >= 15 is 0 Å². The predicted octanol–water partition coefficient (Wildman–Crippen LogP) is 2.48. The van der Waals surface area contributed by atoms with E-state index in [1.807, 2.05) is 12.1 Å². The molecule has 0 spiro atoms. The van der Waals surface area contributed by atoms with Gasteiger partial charge in [0.2, 0.25) is 0 Å². The first-order chi connectivity index (χ1) is 9.70. The van der Waals surface area contributed by atoms with E-state index in [2.05, 4.69) is 27.3 Å². The van der Waals surface area contributed by atoms with E-state index in [1.165, 1.54) is 5.56 Å². The highest BCUT2D eigenvalue weighted by Crippen LogP contribution is 2.30. The minimum atomic E-state index is -0.336. The molecule has 0 heterocycles. The molecule has 0 amide bonds. The van der Waals surface area contributed by atoms with Crippen molar-refractivity contribution in [2.45, 2.75) is 38.0 Å². The van der Waals surface area contributed by atoms with Gasteiger partial charge in [-0.15, -0.1) is 0 Å². The highest BCUT2D eigenvalue weighted by molar-refractivity contribution is 9.10. The predicted molar refractivity (Wildman–Crippen MR) is 82.0 cm³/mol. The number of aliphatic hydroxyl groups is 1. The highest BCUT2D eigenvalue weighted by atomic mass is 79.9. The van der Waals surface area contributed by atoms with E-state index in [-0.39, 0.29) is 12.2 Å². The summed E-state index contributed by atoms with van der Waals surface area (Å²) in [6.07, 6.45) is 2.39. The van der Waals surface area contributed by atoms with Crippen LogP contribution in [0.2, 0.25) is 0 Å². The van der Waals surface area contributed by atoms with Crippen LogP contribution in [0, 0.1) is 0 Å². The average molecular weight is 344 g/mol. The van der Waals surface area contributed by atoms with Gasteiger partial charge < -0.3 is 19.9 Å². The molecule has 1 aliphatic rings. The lowest BCUT2D eigenvalue weighted by Gasteiger charge is -2.18. The summed E-state index contributed by atoms with van der Waals surface area (Å²) in [5, 5.41) is 13.1. The maximum atomic E-state index is 9.80. The summed E-state index contributed by atoms with van der Waals surface area (Å²) in [6.45, 7) is 2.34. The van der Waals surface area contributed by atoms with Gasteiger partial charge in [0.15, 0.2) is 0 Å². The third-order valence-corrected chi connectivity index (χ3v) is 4.12. The Balaban J connectivity index is 1.88. The first-order valence-corrected chi connectivity index (χ1v) is 7.83. The van der Waals surface area contributed by atoms with Crippen LogP contribution < -0.4 is 10.1 Å². The monoisotopic (exact) mass is 343 g/mol. The number of aliphatic hydroxyl groups excluding tert-OH is 1. The first-order valence-electron chi connectivity index (χ1n) is 7.03. The lowest BCUT2D eigenvalue weighted by molar-refractivity contribution is 0.0599. The molecule has 1 aliphatic carbocycles. The Hall–Kier alpha value is -0.620. The fourth-order valence-electron chi connectivity index (χ4n) is 2.36. The molecule has 2 unspecified atom stereocenters. The first kappa shape index (κ1) is 15.8. The van der Waals surface area contributed by atoms with Gasteiger partial charge in [-0.1, -0.05) is 6.07 Å². The van der Waals surface area contributed by atoms with Crippen LogP contribution in [0.1, 0.15) is 24.8 Å². The molecular formula is C15H22BrNO3. The average Bonchev–Trinajstić information content (AvgIpc) is 2.83. The molecule has 0 saturated heterocycles. The molecule has 112 valence electrons. The van der Waals surface area contributed by atoms with Gasteiger partial charge in [0.1, 0.15) is 11.9 Å². The van der Waals surface area contributed by atoms with E-state index in [1.54, 1.807) is 7.11 Å². The number of benzene rings is 1. The van der Waals surface area contributed by atoms with Crippen LogP contribution in [-0.2, 0) is 11.3 Å². The van der Waals surface area contributed by atoms with Gasteiger partial charge in [-0.25, -0.2) is 0 Å². The van der Waals surface area contributed by atoms with Crippen molar-refractivity contribution >= 4 is 15.9 Å². The third kappa shape index (κ3) is 4.45. The van der Waals surface area contributed by atoms with E-state index in [0.29, 0.717) is 6.61 Å². The quantitative estimate of drug-likeness (QED) is 0.747. The number of ether oxygens (including phenoxy) is 2. The SMILES string of the molecule is COCCNCc1ccc(OC2CCCC2O)c(Br)c1. The molecule has 5 heteroatoms. The van der Waals surface area contributed by atoms with Crippen LogP contribution in [0.3, 0.4) is 0 Å². The number of hydrogen-bond donors (Lipinski definition) is 2. The Morgan fingerprint density at radius 2 is 2.25 bits per heavy atom. The van der Waals surface area contributed by atoms with E-state index in [9.17, 15) is 5.11 Å². The minimum absolute atomic E-state index is 0.0722. The van der Waals surface area contributed by atoms with Crippen molar-refractivity contribution in [1.82, 2.24) is 5.32 Å². The normalized spacial score (nSPS) is 22.1. The van der Waals surface area contributed by atoms with Crippen LogP contribution in [0.25, 0.3) is 0 Å². The van der Waals surface area contributed by atoms with Crippen molar-refractivity contribution in [1.29, 1.82) is 0 Å². The van der Waals surface area contributed by atoms with Crippen molar-refractivity contribution in [2.75, 3.05) is 20.3 Å². The van der Waals surface area contributed by atoms with Crippen molar-refractivity contribution in [3.05, 3.63) is 28.2 Å². The van der Waals surface area contributed by atoms with Crippen molar-refractivity contribution in [2.24, 2.45) is 0 Å². The summed E-state index contributed by atoms with van der Waals surface area (Å²) in [5.41, 5.74) is 1.19. The summed E-state index contributed by atoms with van der Waals surface area (Å²) in [6, 6.07) is 6.06. The maximum absolute atomic E-state index is 9.80. The molecule has 0 radical (unpaired) electrons. The second-order valence-corrected chi connectivity index (χ2v) is 5.94. The fourth-order valence-corrected chi connectivity index (χ4v) is 2.88. The topological polar surface area (TPSA) is 50.7 Å². The van der Waals surface area contributed by atoms with Crippen LogP contribution in [-0.4, -0.2) is 37.6 Å².